The third kappa shape index (κ3) is 2.45. The molecular formula is C11H14N6S. The highest BCUT2D eigenvalue weighted by Gasteiger charge is 2.27. The zero-order valence-electron chi connectivity index (χ0n) is 10.1. The van der Waals surface area contributed by atoms with Crippen molar-refractivity contribution in [1.82, 2.24) is 25.2 Å². The second-order valence-corrected chi connectivity index (χ2v) is 5.17. The van der Waals surface area contributed by atoms with Crippen molar-refractivity contribution >= 4 is 17.6 Å². The van der Waals surface area contributed by atoms with Gasteiger partial charge in [-0.3, -0.25) is 0 Å². The van der Waals surface area contributed by atoms with E-state index in [1.54, 1.807) is 11.8 Å². The third-order valence-corrected chi connectivity index (χ3v) is 3.81. The van der Waals surface area contributed by atoms with Gasteiger partial charge in [0.25, 0.3) is 0 Å². The van der Waals surface area contributed by atoms with Crippen LogP contribution in [0.3, 0.4) is 0 Å². The summed E-state index contributed by atoms with van der Waals surface area (Å²) < 4.78 is 1.94. The minimum Gasteiger partial charge on any atom is -0.373 e. The molecule has 0 aliphatic heterocycles. The highest BCUT2D eigenvalue weighted by Crippen LogP contribution is 2.36. The van der Waals surface area contributed by atoms with Gasteiger partial charge in [0.05, 0.1) is 6.04 Å². The van der Waals surface area contributed by atoms with E-state index >= 15 is 0 Å². The van der Waals surface area contributed by atoms with Gasteiger partial charge in [-0.05, 0) is 41.0 Å². The smallest absolute Gasteiger partial charge is 0.209 e. The van der Waals surface area contributed by atoms with Crippen molar-refractivity contribution in [2.45, 2.75) is 29.8 Å². The Balaban J connectivity index is 1.67. The fraction of sp³-hybridized carbons (Fsp3) is 0.455. The molecule has 1 aliphatic rings. The summed E-state index contributed by atoms with van der Waals surface area (Å²) in [6.45, 7) is 0. The molecule has 3 rings (SSSR count). The van der Waals surface area contributed by atoms with Gasteiger partial charge < -0.3 is 5.32 Å². The second kappa shape index (κ2) is 4.93. The van der Waals surface area contributed by atoms with Crippen molar-refractivity contribution in [2.75, 3.05) is 12.4 Å². The summed E-state index contributed by atoms with van der Waals surface area (Å²) in [7, 11) is 1.87. The average Bonchev–Trinajstić information content (AvgIpc) is 3.15. The minimum absolute atomic E-state index is 0.521. The third-order valence-electron chi connectivity index (χ3n) is 2.80. The lowest BCUT2D eigenvalue weighted by Gasteiger charge is -2.04. The lowest BCUT2D eigenvalue weighted by Crippen LogP contribution is -1.99. The van der Waals surface area contributed by atoms with Crippen LogP contribution >= 0.6 is 11.8 Å². The van der Waals surface area contributed by atoms with Crippen molar-refractivity contribution in [1.29, 1.82) is 0 Å². The molecule has 0 unspecified atom stereocenters. The van der Waals surface area contributed by atoms with Crippen molar-refractivity contribution in [3.8, 4) is 0 Å². The number of nitrogens with one attached hydrogen (secondary N) is 1. The Labute approximate surface area is 109 Å². The lowest BCUT2D eigenvalue weighted by atomic mass is 10.3. The van der Waals surface area contributed by atoms with Gasteiger partial charge in [-0.25, -0.2) is 9.67 Å². The van der Waals surface area contributed by atoms with Crippen molar-refractivity contribution in [3.63, 3.8) is 0 Å². The van der Waals surface area contributed by atoms with E-state index in [4.69, 9.17) is 0 Å². The maximum Gasteiger partial charge on any atom is 0.209 e. The first kappa shape index (κ1) is 11.5. The molecule has 1 saturated carbocycles. The molecule has 2 aromatic rings. The van der Waals surface area contributed by atoms with Crippen LogP contribution < -0.4 is 5.32 Å². The first-order chi connectivity index (χ1) is 8.86. The molecule has 0 spiro atoms. The van der Waals surface area contributed by atoms with Gasteiger partial charge in [0.15, 0.2) is 0 Å². The average molecular weight is 262 g/mol. The molecule has 94 valence electrons. The summed E-state index contributed by atoms with van der Waals surface area (Å²) in [5, 5.41) is 15.8. The number of hydrogen-bond acceptors (Lipinski definition) is 6. The standard InChI is InChI=1S/C11H14N6S/c1-12-10-6-8(4-5-13-10)7-18-11-14-15-16-17(11)9-2-3-9/h4-6,9H,2-3,7H2,1H3,(H,12,13). The van der Waals surface area contributed by atoms with E-state index < -0.39 is 0 Å². The summed E-state index contributed by atoms with van der Waals surface area (Å²) in [5.41, 5.74) is 1.21. The molecule has 18 heavy (non-hydrogen) atoms. The van der Waals surface area contributed by atoms with E-state index in [2.05, 4.69) is 25.8 Å². The van der Waals surface area contributed by atoms with Gasteiger partial charge in [0.2, 0.25) is 5.16 Å². The van der Waals surface area contributed by atoms with Gasteiger partial charge in [-0.1, -0.05) is 11.8 Å². The molecule has 2 aromatic heterocycles. The fourth-order valence-corrected chi connectivity index (χ4v) is 2.56. The van der Waals surface area contributed by atoms with E-state index in [-0.39, 0.29) is 0 Å². The molecule has 0 radical (unpaired) electrons. The Morgan fingerprint density at radius 1 is 1.50 bits per heavy atom. The van der Waals surface area contributed by atoms with E-state index in [0.717, 1.165) is 16.7 Å². The van der Waals surface area contributed by atoms with Crippen LogP contribution in [0.15, 0.2) is 23.5 Å². The van der Waals surface area contributed by atoms with Crippen LogP contribution in [-0.2, 0) is 5.75 Å². The SMILES string of the molecule is CNc1cc(CSc2nnnn2C2CC2)ccn1. The molecule has 1 fully saturated rings. The van der Waals surface area contributed by atoms with E-state index in [0.29, 0.717) is 6.04 Å². The maximum absolute atomic E-state index is 4.19. The van der Waals surface area contributed by atoms with Gasteiger partial charge in [-0.2, -0.15) is 0 Å². The molecule has 0 atom stereocenters. The molecule has 6 nitrogen and oxygen atoms in total. The number of rotatable bonds is 5. The van der Waals surface area contributed by atoms with Crippen LogP contribution in [0, 0.1) is 0 Å². The summed E-state index contributed by atoms with van der Waals surface area (Å²) in [6.07, 6.45) is 4.20. The monoisotopic (exact) mass is 262 g/mol. The van der Waals surface area contributed by atoms with E-state index in [9.17, 15) is 0 Å². The fourth-order valence-electron chi connectivity index (χ4n) is 1.68. The molecule has 0 aromatic carbocycles. The number of hydrogen-bond donors (Lipinski definition) is 1. The number of aromatic nitrogens is 5. The Hall–Kier alpha value is -1.63. The Kier molecular flexibility index (Phi) is 3.14. The summed E-state index contributed by atoms with van der Waals surface area (Å²) in [6, 6.07) is 4.57. The predicted molar refractivity (Wildman–Crippen MR) is 69.4 cm³/mol. The normalized spacial score (nSPS) is 14.7. The second-order valence-electron chi connectivity index (χ2n) is 4.23. The highest BCUT2D eigenvalue weighted by atomic mass is 32.2. The van der Waals surface area contributed by atoms with E-state index in [1.165, 1.54) is 18.4 Å². The van der Waals surface area contributed by atoms with Crippen LogP contribution in [0.5, 0.6) is 0 Å². The first-order valence-corrected chi connectivity index (χ1v) is 6.89. The molecule has 0 saturated heterocycles. The molecule has 0 amide bonds. The van der Waals surface area contributed by atoms with Crippen LogP contribution in [0.2, 0.25) is 0 Å². The maximum atomic E-state index is 4.19. The molecule has 1 aliphatic carbocycles. The predicted octanol–water partition coefficient (Wildman–Crippen LogP) is 1.74. The largest absolute Gasteiger partial charge is 0.373 e. The van der Waals surface area contributed by atoms with Crippen molar-refractivity contribution < 1.29 is 0 Å². The van der Waals surface area contributed by atoms with Crippen molar-refractivity contribution in [3.05, 3.63) is 23.9 Å². The Morgan fingerprint density at radius 2 is 2.39 bits per heavy atom. The summed E-state index contributed by atoms with van der Waals surface area (Å²) in [4.78, 5) is 4.19. The molecular weight excluding hydrogens is 248 g/mol. The van der Waals surface area contributed by atoms with Crippen molar-refractivity contribution in [2.24, 2.45) is 0 Å². The molecule has 0 bridgehead atoms. The van der Waals surface area contributed by atoms with Crippen LogP contribution in [-0.4, -0.2) is 32.2 Å². The topological polar surface area (TPSA) is 68.5 Å². The minimum atomic E-state index is 0.521. The number of tetrazole rings is 1. The zero-order chi connectivity index (χ0) is 12.4. The zero-order valence-corrected chi connectivity index (χ0v) is 10.9. The highest BCUT2D eigenvalue weighted by molar-refractivity contribution is 7.98. The summed E-state index contributed by atoms with van der Waals surface area (Å²) >= 11 is 1.67. The van der Waals surface area contributed by atoms with Gasteiger partial charge in [-0.15, -0.1) is 5.10 Å². The first-order valence-electron chi connectivity index (χ1n) is 5.90. The van der Waals surface area contributed by atoms with Crippen LogP contribution in [0.1, 0.15) is 24.4 Å². The van der Waals surface area contributed by atoms with Gasteiger partial charge in [0, 0.05) is 19.0 Å². The van der Waals surface area contributed by atoms with Crippen LogP contribution in [0.25, 0.3) is 0 Å². The Morgan fingerprint density at radius 3 is 3.17 bits per heavy atom. The van der Waals surface area contributed by atoms with E-state index in [1.807, 2.05) is 30.1 Å². The number of thioether (sulfide) groups is 1. The van der Waals surface area contributed by atoms with Gasteiger partial charge >= 0.3 is 0 Å². The lowest BCUT2D eigenvalue weighted by molar-refractivity contribution is 0.565. The molecule has 1 N–H and O–H groups in total. The Bertz CT molecular complexity index is 536. The quantitative estimate of drug-likeness (QED) is 0.828. The number of nitrogens with zero attached hydrogens (tertiary/aromatic N) is 5. The van der Waals surface area contributed by atoms with Crippen LogP contribution in [0.4, 0.5) is 5.82 Å². The number of anilines is 1. The molecule has 7 heteroatoms. The number of pyridine rings is 1. The summed E-state index contributed by atoms with van der Waals surface area (Å²) in [5.74, 6) is 1.74. The molecule has 2 heterocycles. The van der Waals surface area contributed by atoms with Gasteiger partial charge in [0.1, 0.15) is 5.82 Å².